The monoisotopic (exact) mass is 204 g/mol. The van der Waals surface area contributed by atoms with Crippen molar-refractivity contribution in [1.82, 2.24) is 0 Å². The normalized spacial score (nSPS) is 25.3. The van der Waals surface area contributed by atoms with Crippen LogP contribution in [0.25, 0.3) is 0 Å². The van der Waals surface area contributed by atoms with Crippen molar-refractivity contribution in [1.29, 1.82) is 0 Å². The lowest BCUT2D eigenvalue weighted by Gasteiger charge is -2.26. The van der Waals surface area contributed by atoms with Gasteiger partial charge in [-0.25, -0.2) is 0 Å². The lowest BCUT2D eigenvalue weighted by atomic mass is 9.79. The molecule has 15 heavy (non-hydrogen) atoms. The number of hydrogen-bond acceptors (Lipinski definition) is 0. The Kier molecular flexibility index (Phi) is 4.38. The largest absolute Gasteiger partial charge is 0.0958 e. The van der Waals surface area contributed by atoms with Gasteiger partial charge < -0.3 is 0 Å². The van der Waals surface area contributed by atoms with E-state index in [0.717, 1.165) is 12.3 Å². The predicted molar refractivity (Wildman–Crippen MR) is 68.9 cm³/mol. The summed E-state index contributed by atoms with van der Waals surface area (Å²) in [7, 11) is 0. The van der Waals surface area contributed by atoms with Gasteiger partial charge in [-0.15, -0.1) is 0 Å². The molecule has 1 rings (SSSR count). The van der Waals surface area contributed by atoms with E-state index in [1.54, 1.807) is 0 Å². The third-order valence-corrected chi connectivity index (χ3v) is 3.29. The van der Waals surface area contributed by atoms with Crippen LogP contribution in [0.1, 0.15) is 52.9 Å². The molecule has 0 aliphatic heterocycles. The molecular formula is C15H24. The van der Waals surface area contributed by atoms with Gasteiger partial charge in [0.25, 0.3) is 0 Å². The molecule has 84 valence electrons. The fraction of sp³-hybridized carbons (Fsp3) is 0.600. The van der Waals surface area contributed by atoms with Gasteiger partial charge in [-0.2, -0.15) is 0 Å². The summed E-state index contributed by atoms with van der Waals surface area (Å²) < 4.78 is 0. The van der Waals surface area contributed by atoms with Gasteiger partial charge in [0.05, 0.1) is 0 Å². The zero-order valence-corrected chi connectivity index (χ0v) is 10.5. The van der Waals surface area contributed by atoms with Crippen LogP contribution in [0, 0.1) is 5.92 Å². The minimum absolute atomic E-state index is 0.814. The zero-order valence-electron chi connectivity index (χ0n) is 10.5. The Labute approximate surface area is 94.8 Å². The molecule has 0 aromatic carbocycles. The first kappa shape index (κ1) is 12.3. The quantitative estimate of drug-likeness (QED) is 0.604. The molecular weight excluding hydrogens is 180 g/mol. The summed E-state index contributed by atoms with van der Waals surface area (Å²) in [4.78, 5) is 0. The number of hydrogen-bond donors (Lipinski definition) is 0. The van der Waals surface area contributed by atoms with E-state index in [2.05, 4.69) is 33.9 Å². The van der Waals surface area contributed by atoms with Gasteiger partial charge in [0.1, 0.15) is 0 Å². The van der Waals surface area contributed by atoms with E-state index in [1.807, 2.05) is 0 Å². The summed E-state index contributed by atoms with van der Waals surface area (Å²) in [5, 5.41) is 0. The van der Waals surface area contributed by atoms with E-state index in [-0.39, 0.29) is 0 Å². The standard InChI is InChI=1S/C15H24/c1-6-7-14(11(2)3)15-9-8-12(4)10-13(15)5/h12H,2,5-10H2,1,3-4H3/b15-14-. The molecule has 1 aliphatic carbocycles. The average Bonchev–Trinajstić information content (AvgIpc) is 2.15. The maximum absolute atomic E-state index is 4.23. The fourth-order valence-corrected chi connectivity index (χ4v) is 2.45. The molecule has 1 unspecified atom stereocenters. The SMILES string of the molecule is C=C(C)/C(CCC)=C1/CCC(C)CC1=C. The van der Waals surface area contributed by atoms with Crippen molar-refractivity contribution in [2.75, 3.05) is 0 Å². The second-order valence-corrected chi connectivity index (χ2v) is 4.94. The molecule has 0 aromatic heterocycles. The molecule has 1 aliphatic rings. The van der Waals surface area contributed by atoms with E-state index < -0.39 is 0 Å². The van der Waals surface area contributed by atoms with E-state index in [1.165, 1.54) is 48.0 Å². The molecule has 0 heteroatoms. The molecule has 0 spiro atoms. The summed E-state index contributed by atoms with van der Waals surface area (Å²) in [6.45, 7) is 15.0. The van der Waals surface area contributed by atoms with Crippen LogP contribution in [-0.4, -0.2) is 0 Å². The molecule has 0 nitrogen and oxygen atoms in total. The molecule has 0 heterocycles. The van der Waals surface area contributed by atoms with Crippen molar-refractivity contribution in [3.8, 4) is 0 Å². The lowest BCUT2D eigenvalue weighted by molar-refractivity contribution is 0.495. The van der Waals surface area contributed by atoms with Crippen molar-refractivity contribution in [3.63, 3.8) is 0 Å². The summed E-state index contributed by atoms with van der Waals surface area (Å²) in [6, 6.07) is 0. The van der Waals surface area contributed by atoms with Crippen LogP contribution in [-0.2, 0) is 0 Å². The highest BCUT2D eigenvalue weighted by molar-refractivity contribution is 5.43. The Hall–Kier alpha value is -0.780. The molecule has 0 radical (unpaired) electrons. The Morgan fingerprint density at radius 3 is 2.60 bits per heavy atom. The summed E-state index contributed by atoms with van der Waals surface area (Å²) in [5.41, 5.74) is 5.60. The van der Waals surface area contributed by atoms with Crippen LogP contribution < -0.4 is 0 Å². The topological polar surface area (TPSA) is 0 Å². The Bertz CT molecular complexity index is 291. The number of allylic oxidation sites excluding steroid dienone is 4. The second kappa shape index (κ2) is 5.34. The van der Waals surface area contributed by atoms with E-state index in [9.17, 15) is 0 Å². The zero-order chi connectivity index (χ0) is 11.4. The molecule has 0 bridgehead atoms. The molecule has 0 amide bonds. The van der Waals surface area contributed by atoms with E-state index in [0.29, 0.717) is 0 Å². The van der Waals surface area contributed by atoms with Crippen LogP contribution in [0.15, 0.2) is 35.5 Å². The van der Waals surface area contributed by atoms with Crippen molar-refractivity contribution in [2.24, 2.45) is 5.92 Å². The average molecular weight is 204 g/mol. The maximum atomic E-state index is 4.23. The van der Waals surface area contributed by atoms with E-state index in [4.69, 9.17) is 0 Å². The Morgan fingerprint density at radius 1 is 1.47 bits per heavy atom. The van der Waals surface area contributed by atoms with Crippen LogP contribution >= 0.6 is 0 Å². The van der Waals surface area contributed by atoms with Gasteiger partial charge in [-0.05, 0) is 49.7 Å². The van der Waals surface area contributed by atoms with Gasteiger partial charge in [0, 0.05) is 0 Å². The highest BCUT2D eigenvalue weighted by atomic mass is 14.2. The van der Waals surface area contributed by atoms with Crippen LogP contribution in [0.3, 0.4) is 0 Å². The van der Waals surface area contributed by atoms with Gasteiger partial charge in [-0.1, -0.05) is 44.6 Å². The van der Waals surface area contributed by atoms with Crippen LogP contribution in [0.4, 0.5) is 0 Å². The summed E-state index contributed by atoms with van der Waals surface area (Å²) in [5.74, 6) is 0.814. The molecule has 0 saturated heterocycles. The molecule has 0 aromatic rings. The first-order chi connectivity index (χ1) is 7.06. The van der Waals surface area contributed by atoms with Crippen molar-refractivity contribution >= 4 is 0 Å². The van der Waals surface area contributed by atoms with Crippen molar-refractivity contribution in [2.45, 2.75) is 52.9 Å². The maximum Gasteiger partial charge on any atom is -0.0256 e. The third kappa shape index (κ3) is 3.09. The van der Waals surface area contributed by atoms with E-state index >= 15 is 0 Å². The van der Waals surface area contributed by atoms with Crippen LogP contribution in [0.5, 0.6) is 0 Å². The Morgan fingerprint density at radius 2 is 2.13 bits per heavy atom. The van der Waals surface area contributed by atoms with Gasteiger partial charge in [0.15, 0.2) is 0 Å². The first-order valence-electron chi connectivity index (χ1n) is 6.12. The van der Waals surface area contributed by atoms with Gasteiger partial charge in [0.2, 0.25) is 0 Å². The summed E-state index contributed by atoms with van der Waals surface area (Å²) >= 11 is 0. The molecule has 0 N–H and O–H groups in total. The minimum atomic E-state index is 0.814. The molecule has 1 saturated carbocycles. The molecule has 1 atom stereocenters. The van der Waals surface area contributed by atoms with Crippen molar-refractivity contribution < 1.29 is 0 Å². The highest BCUT2D eigenvalue weighted by Gasteiger charge is 2.18. The minimum Gasteiger partial charge on any atom is -0.0958 e. The highest BCUT2D eigenvalue weighted by Crippen LogP contribution is 2.36. The smallest absolute Gasteiger partial charge is 0.0256 e. The van der Waals surface area contributed by atoms with Crippen LogP contribution in [0.2, 0.25) is 0 Å². The fourth-order valence-electron chi connectivity index (χ4n) is 2.45. The predicted octanol–water partition coefficient (Wildman–Crippen LogP) is 5.04. The van der Waals surface area contributed by atoms with Gasteiger partial charge >= 0.3 is 0 Å². The van der Waals surface area contributed by atoms with Gasteiger partial charge in [-0.3, -0.25) is 0 Å². The second-order valence-electron chi connectivity index (χ2n) is 4.94. The summed E-state index contributed by atoms with van der Waals surface area (Å²) in [6.07, 6.45) is 6.07. The lowest BCUT2D eigenvalue weighted by Crippen LogP contribution is -2.09. The Balaban J connectivity index is 2.93. The number of rotatable bonds is 3. The molecule has 1 fully saturated rings. The van der Waals surface area contributed by atoms with Crippen molar-refractivity contribution in [3.05, 3.63) is 35.5 Å². The third-order valence-electron chi connectivity index (χ3n) is 3.29. The first-order valence-corrected chi connectivity index (χ1v) is 6.12.